The Hall–Kier alpha value is -3.86. The maximum absolute atomic E-state index is 13.0. The van der Waals surface area contributed by atoms with E-state index in [1.165, 1.54) is 24.3 Å². The molecule has 1 atom stereocenters. The molecule has 0 saturated heterocycles. The van der Waals surface area contributed by atoms with E-state index in [1.54, 1.807) is 19.1 Å². The Labute approximate surface area is 170 Å². The number of carboxylic acid groups (broad SMARTS) is 2. The van der Waals surface area contributed by atoms with Gasteiger partial charge in [-0.25, -0.2) is 18.8 Å². The summed E-state index contributed by atoms with van der Waals surface area (Å²) in [6.07, 6.45) is 2.32. The molecule has 0 aromatic heterocycles. The van der Waals surface area contributed by atoms with Gasteiger partial charge in [-0.3, -0.25) is 11.1 Å². The molecule has 7 N–H and O–H groups in total. The van der Waals surface area contributed by atoms with Crippen molar-refractivity contribution in [3.63, 3.8) is 0 Å². The number of alkyl carbamates (subject to hydrolysis) is 1. The van der Waals surface area contributed by atoms with E-state index in [9.17, 15) is 23.9 Å². The van der Waals surface area contributed by atoms with E-state index in [0.717, 1.165) is 5.56 Å². The third kappa shape index (κ3) is 5.58. The molecule has 1 unspecified atom stereocenters. The van der Waals surface area contributed by atoms with E-state index in [-0.39, 0.29) is 24.7 Å². The molecule has 2 rings (SSSR count). The van der Waals surface area contributed by atoms with Gasteiger partial charge in [-0.1, -0.05) is 12.1 Å². The normalized spacial score (nSPS) is 18.4. The second-order valence-electron chi connectivity index (χ2n) is 6.12. The fourth-order valence-electron chi connectivity index (χ4n) is 2.62. The number of hydrogen-bond donors (Lipinski definition) is 6. The van der Waals surface area contributed by atoms with Crippen LogP contribution in [0.1, 0.15) is 12.5 Å². The van der Waals surface area contributed by atoms with Gasteiger partial charge in [0.2, 0.25) is 0 Å². The lowest BCUT2D eigenvalue weighted by atomic mass is 9.93. The van der Waals surface area contributed by atoms with Crippen molar-refractivity contribution < 1.29 is 33.7 Å². The number of nitrogens with one attached hydrogen (secondary N) is 3. The van der Waals surface area contributed by atoms with Crippen molar-refractivity contribution in [3.05, 3.63) is 71.0 Å². The van der Waals surface area contributed by atoms with Gasteiger partial charge in [0, 0.05) is 12.6 Å². The minimum Gasteiger partial charge on any atom is -0.478 e. The van der Waals surface area contributed by atoms with Crippen LogP contribution in [0, 0.1) is 5.82 Å². The Morgan fingerprint density at radius 3 is 2.47 bits per heavy atom. The van der Waals surface area contributed by atoms with Gasteiger partial charge in [-0.2, -0.15) is 0 Å². The number of carbonyl (C=O) groups excluding carboxylic acids is 1. The molecule has 1 aromatic rings. The van der Waals surface area contributed by atoms with Crippen LogP contribution in [0.4, 0.5) is 9.18 Å². The maximum Gasteiger partial charge on any atom is 0.411 e. The van der Waals surface area contributed by atoms with Crippen LogP contribution in [-0.4, -0.2) is 40.5 Å². The van der Waals surface area contributed by atoms with Crippen molar-refractivity contribution >= 4 is 18.0 Å². The number of dihydropyridines is 1. The summed E-state index contributed by atoms with van der Waals surface area (Å²) in [5.74, 6) is -3.29. The zero-order chi connectivity index (χ0) is 22.3. The highest BCUT2D eigenvalue weighted by Gasteiger charge is 2.42. The predicted octanol–water partition coefficient (Wildman–Crippen LogP) is 0.741. The van der Waals surface area contributed by atoms with Crippen LogP contribution >= 0.6 is 0 Å². The van der Waals surface area contributed by atoms with Crippen LogP contribution in [0.15, 0.2) is 59.6 Å². The number of aliphatic carboxylic acids is 2. The van der Waals surface area contributed by atoms with Crippen LogP contribution in [0.5, 0.6) is 0 Å². The number of carbonyl (C=O) groups is 3. The van der Waals surface area contributed by atoms with E-state index in [4.69, 9.17) is 15.6 Å². The molecule has 0 saturated carbocycles. The standard InChI is InChI=1S/C19H21FN4O6/c1-2-30-18(29)23-14-7-8-15(22-10-11-3-5-12(20)6-4-11)24-19(14,21)13(17(27)28)9-16(25)26/h3-9,22,24H,2,10,21H2,1H3,(H,23,29)(H,25,26)(H,27,28). The fraction of sp³-hybridized carbons (Fsp3) is 0.211. The first kappa shape index (κ1) is 22.4. The highest BCUT2D eigenvalue weighted by Crippen LogP contribution is 2.24. The van der Waals surface area contributed by atoms with Gasteiger partial charge in [0.25, 0.3) is 0 Å². The van der Waals surface area contributed by atoms with E-state index >= 15 is 0 Å². The van der Waals surface area contributed by atoms with Gasteiger partial charge in [-0.15, -0.1) is 0 Å². The molecular formula is C19H21FN4O6. The van der Waals surface area contributed by atoms with Crippen LogP contribution in [-0.2, 0) is 20.9 Å². The summed E-state index contributed by atoms with van der Waals surface area (Å²) in [5, 5.41) is 26.5. The second kappa shape index (κ2) is 9.56. The number of nitrogens with two attached hydrogens (primary N) is 1. The molecule has 1 aliphatic rings. The number of halogens is 1. The van der Waals surface area contributed by atoms with Crippen LogP contribution in [0.25, 0.3) is 0 Å². The highest BCUT2D eigenvalue weighted by molar-refractivity contribution is 5.97. The zero-order valence-electron chi connectivity index (χ0n) is 15.9. The summed E-state index contributed by atoms with van der Waals surface area (Å²) in [4.78, 5) is 34.7. The van der Waals surface area contributed by atoms with E-state index in [1.807, 2.05) is 0 Å². The van der Waals surface area contributed by atoms with Crippen molar-refractivity contribution in [1.29, 1.82) is 0 Å². The smallest absolute Gasteiger partial charge is 0.411 e. The number of benzene rings is 1. The largest absolute Gasteiger partial charge is 0.478 e. The molecule has 1 heterocycles. The molecule has 1 aromatic carbocycles. The van der Waals surface area contributed by atoms with Gasteiger partial charge in [0.1, 0.15) is 11.6 Å². The molecule has 0 spiro atoms. The Bertz CT molecular complexity index is 925. The summed E-state index contributed by atoms with van der Waals surface area (Å²) in [5.41, 5.74) is 3.99. The molecule has 0 aliphatic carbocycles. The number of carboxylic acids is 2. The Kier molecular flexibility index (Phi) is 7.15. The molecular weight excluding hydrogens is 399 g/mol. The summed E-state index contributed by atoms with van der Waals surface area (Å²) < 4.78 is 17.8. The summed E-state index contributed by atoms with van der Waals surface area (Å²) in [7, 11) is 0. The number of allylic oxidation sites excluding steroid dienone is 2. The van der Waals surface area contributed by atoms with Gasteiger partial charge >= 0.3 is 18.0 Å². The molecule has 1 aliphatic heterocycles. The fourth-order valence-corrected chi connectivity index (χ4v) is 2.62. The molecule has 160 valence electrons. The maximum atomic E-state index is 13.0. The lowest BCUT2D eigenvalue weighted by Crippen LogP contribution is -2.63. The van der Waals surface area contributed by atoms with Crippen molar-refractivity contribution in [2.75, 3.05) is 6.61 Å². The lowest BCUT2D eigenvalue weighted by molar-refractivity contribution is -0.135. The van der Waals surface area contributed by atoms with E-state index in [2.05, 4.69) is 16.0 Å². The lowest BCUT2D eigenvalue weighted by Gasteiger charge is -2.37. The number of hydrogen-bond acceptors (Lipinski definition) is 7. The first-order valence-electron chi connectivity index (χ1n) is 8.75. The second-order valence-corrected chi connectivity index (χ2v) is 6.12. The summed E-state index contributed by atoms with van der Waals surface area (Å²) in [6.45, 7) is 1.86. The first-order chi connectivity index (χ1) is 14.2. The molecule has 11 heteroatoms. The van der Waals surface area contributed by atoms with Crippen LogP contribution in [0.3, 0.4) is 0 Å². The molecule has 10 nitrogen and oxygen atoms in total. The highest BCUT2D eigenvalue weighted by atomic mass is 19.1. The monoisotopic (exact) mass is 420 g/mol. The van der Waals surface area contributed by atoms with E-state index in [0.29, 0.717) is 6.08 Å². The Balaban J connectivity index is 2.34. The average molecular weight is 420 g/mol. The topological polar surface area (TPSA) is 163 Å². The number of rotatable bonds is 8. The minimum absolute atomic E-state index is 0.0567. The number of amides is 1. The average Bonchev–Trinajstić information content (AvgIpc) is 2.67. The SMILES string of the molecule is CCOC(=O)NC1=CC=C(NCc2ccc(F)cc2)NC1(N)C(=CC(=O)O)C(=O)O. The van der Waals surface area contributed by atoms with Gasteiger partial charge in [0.05, 0.1) is 17.9 Å². The molecule has 0 bridgehead atoms. The van der Waals surface area contributed by atoms with Crippen LogP contribution < -0.4 is 21.7 Å². The molecule has 0 radical (unpaired) electrons. The van der Waals surface area contributed by atoms with Crippen LogP contribution in [0.2, 0.25) is 0 Å². The number of ether oxygens (including phenoxy) is 1. The predicted molar refractivity (Wildman–Crippen MR) is 103 cm³/mol. The molecule has 1 amide bonds. The summed E-state index contributed by atoms with van der Waals surface area (Å²) in [6, 6.07) is 5.68. The molecule has 0 fully saturated rings. The zero-order valence-corrected chi connectivity index (χ0v) is 15.9. The van der Waals surface area contributed by atoms with Gasteiger partial charge in [-0.05, 0) is 36.8 Å². The van der Waals surface area contributed by atoms with Gasteiger partial charge in [0.15, 0.2) is 5.66 Å². The minimum atomic E-state index is -2.10. The Morgan fingerprint density at radius 2 is 1.90 bits per heavy atom. The third-order valence-corrected chi connectivity index (χ3v) is 4.00. The third-order valence-electron chi connectivity index (χ3n) is 4.00. The van der Waals surface area contributed by atoms with Crippen molar-refractivity contribution in [2.45, 2.75) is 19.1 Å². The summed E-state index contributed by atoms with van der Waals surface area (Å²) >= 11 is 0. The van der Waals surface area contributed by atoms with E-state index < -0.39 is 35.1 Å². The Morgan fingerprint density at radius 1 is 1.23 bits per heavy atom. The molecule has 30 heavy (non-hydrogen) atoms. The van der Waals surface area contributed by atoms with Crippen molar-refractivity contribution in [2.24, 2.45) is 5.73 Å². The van der Waals surface area contributed by atoms with Crippen molar-refractivity contribution in [3.8, 4) is 0 Å². The van der Waals surface area contributed by atoms with Crippen molar-refractivity contribution in [1.82, 2.24) is 16.0 Å². The first-order valence-corrected chi connectivity index (χ1v) is 8.75. The van der Waals surface area contributed by atoms with Gasteiger partial charge < -0.3 is 25.6 Å². The quantitative estimate of drug-likeness (QED) is 0.333.